The van der Waals surface area contributed by atoms with E-state index in [0.29, 0.717) is 6.42 Å². The normalized spacial score (nSPS) is 30.2. The molecule has 0 bridgehead atoms. The van der Waals surface area contributed by atoms with Crippen molar-refractivity contribution in [3.63, 3.8) is 0 Å². The molecule has 106 valence electrons. The van der Waals surface area contributed by atoms with Gasteiger partial charge in [0.15, 0.2) is 0 Å². The Morgan fingerprint density at radius 2 is 1.89 bits per heavy atom. The van der Waals surface area contributed by atoms with Gasteiger partial charge in [0.1, 0.15) is 0 Å². The van der Waals surface area contributed by atoms with Crippen molar-refractivity contribution in [1.82, 2.24) is 5.32 Å². The van der Waals surface area contributed by atoms with Crippen molar-refractivity contribution >= 4 is 5.91 Å². The number of hydrogen-bond acceptors (Lipinski definition) is 2. The van der Waals surface area contributed by atoms with E-state index in [1.165, 1.54) is 32.1 Å². The van der Waals surface area contributed by atoms with Gasteiger partial charge in [0.25, 0.3) is 0 Å². The summed E-state index contributed by atoms with van der Waals surface area (Å²) in [6, 6.07) is 2.14. The second-order valence-electron chi connectivity index (χ2n) is 6.22. The zero-order valence-corrected chi connectivity index (χ0v) is 11.9. The fourth-order valence-corrected chi connectivity index (χ4v) is 3.80. The molecule has 2 saturated carbocycles. The minimum atomic E-state index is 0.260. The first-order chi connectivity index (χ1) is 9.31. The van der Waals surface area contributed by atoms with Crippen LogP contribution in [0.25, 0.3) is 0 Å². The summed E-state index contributed by atoms with van der Waals surface area (Å²) in [5.41, 5.74) is 0. The minimum Gasteiger partial charge on any atom is -0.356 e. The Kier molecular flexibility index (Phi) is 5.69. The molecule has 19 heavy (non-hydrogen) atoms. The predicted octanol–water partition coefficient (Wildman–Crippen LogP) is 3.40. The van der Waals surface area contributed by atoms with E-state index in [1.54, 1.807) is 0 Å². The number of nitrogens with zero attached hydrogens (tertiary/aromatic N) is 1. The molecule has 0 heterocycles. The molecule has 2 fully saturated rings. The SMILES string of the molecule is N#CCCCCNC(=O)C1CCC2CCCCC2C1. The number of rotatable bonds is 5. The molecule has 3 heteroatoms. The number of nitriles is 1. The van der Waals surface area contributed by atoms with Crippen molar-refractivity contribution in [2.45, 2.75) is 64.2 Å². The maximum absolute atomic E-state index is 12.1. The lowest BCUT2D eigenvalue weighted by atomic mass is 9.67. The topological polar surface area (TPSA) is 52.9 Å². The van der Waals surface area contributed by atoms with Gasteiger partial charge in [0.05, 0.1) is 6.07 Å². The Bertz CT molecular complexity index is 334. The molecule has 0 radical (unpaired) electrons. The molecular weight excluding hydrogens is 236 g/mol. The van der Waals surface area contributed by atoms with E-state index in [2.05, 4.69) is 11.4 Å². The van der Waals surface area contributed by atoms with Crippen molar-refractivity contribution in [3.05, 3.63) is 0 Å². The second-order valence-corrected chi connectivity index (χ2v) is 6.22. The molecule has 3 nitrogen and oxygen atoms in total. The lowest BCUT2D eigenvalue weighted by molar-refractivity contribution is -0.127. The van der Waals surface area contributed by atoms with Crippen LogP contribution < -0.4 is 5.32 Å². The number of amides is 1. The van der Waals surface area contributed by atoms with Gasteiger partial charge in [-0.2, -0.15) is 5.26 Å². The fraction of sp³-hybridized carbons (Fsp3) is 0.875. The van der Waals surface area contributed by atoms with Crippen LogP contribution in [0.2, 0.25) is 0 Å². The summed E-state index contributed by atoms with van der Waals surface area (Å²) in [7, 11) is 0. The van der Waals surface area contributed by atoms with Crippen LogP contribution >= 0.6 is 0 Å². The molecular formula is C16H26N2O. The molecule has 0 aliphatic heterocycles. The largest absolute Gasteiger partial charge is 0.356 e. The van der Waals surface area contributed by atoms with Gasteiger partial charge in [-0.1, -0.05) is 25.7 Å². The number of unbranched alkanes of at least 4 members (excludes halogenated alkanes) is 2. The molecule has 2 aliphatic carbocycles. The van der Waals surface area contributed by atoms with Crippen molar-refractivity contribution < 1.29 is 4.79 Å². The lowest BCUT2D eigenvalue weighted by Gasteiger charge is -2.38. The molecule has 2 aliphatic rings. The fourth-order valence-electron chi connectivity index (χ4n) is 3.80. The van der Waals surface area contributed by atoms with Crippen LogP contribution in [-0.2, 0) is 4.79 Å². The molecule has 0 aromatic rings. The van der Waals surface area contributed by atoms with E-state index < -0.39 is 0 Å². The Morgan fingerprint density at radius 3 is 2.68 bits per heavy atom. The summed E-state index contributed by atoms with van der Waals surface area (Å²) in [4.78, 5) is 12.1. The number of hydrogen-bond donors (Lipinski definition) is 1. The molecule has 1 amide bonds. The number of nitrogens with one attached hydrogen (secondary N) is 1. The first-order valence-corrected chi connectivity index (χ1v) is 7.96. The molecule has 3 atom stereocenters. The highest BCUT2D eigenvalue weighted by molar-refractivity contribution is 5.78. The summed E-state index contributed by atoms with van der Waals surface area (Å²) < 4.78 is 0. The van der Waals surface area contributed by atoms with Crippen LogP contribution in [0, 0.1) is 29.1 Å². The third-order valence-electron chi connectivity index (χ3n) is 4.93. The van der Waals surface area contributed by atoms with Crippen molar-refractivity contribution in [3.8, 4) is 6.07 Å². The monoisotopic (exact) mass is 262 g/mol. The Balaban J connectivity index is 1.67. The van der Waals surface area contributed by atoms with Crippen LogP contribution in [0.3, 0.4) is 0 Å². The highest BCUT2D eigenvalue weighted by Crippen LogP contribution is 2.42. The smallest absolute Gasteiger partial charge is 0.223 e. The summed E-state index contributed by atoms with van der Waals surface area (Å²) in [6.07, 6.45) is 11.4. The van der Waals surface area contributed by atoms with E-state index in [-0.39, 0.29) is 11.8 Å². The molecule has 2 rings (SSSR count). The first kappa shape index (κ1) is 14.4. The standard InChI is InChI=1S/C16H26N2O/c17-10-4-1-5-11-18-16(19)15-9-8-13-6-2-3-7-14(13)12-15/h13-15H,1-9,11-12H2,(H,18,19). The number of carbonyl (C=O) groups excluding carboxylic acids is 1. The minimum absolute atomic E-state index is 0.260. The average molecular weight is 262 g/mol. The highest BCUT2D eigenvalue weighted by Gasteiger charge is 2.34. The average Bonchev–Trinajstić information content (AvgIpc) is 2.46. The third-order valence-corrected chi connectivity index (χ3v) is 4.93. The highest BCUT2D eigenvalue weighted by atomic mass is 16.1. The van der Waals surface area contributed by atoms with Gasteiger partial charge in [0.2, 0.25) is 5.91 Å². The van der Waals surface area contributed by atoms with Crippen LogP contribution in [0.4, 0.5) is 0 Å². The summed E-state index contributed by atoms with van der Waals surface area (Å²) in [5.74, 6) is 2.25. The Labute approximate surface area is 116 Å². The van der Waals surface area contributed by atoms with Crippen LogP contribution in [0.15, 0.2) is 0 Å². The zero-order chi connectivity index (χ0) is 13.5. The van der Waals surface area contributed by atoms with Crippen molar-refractivity contribution in [2.75, 3.05) is 6.54 Å². The van der Waals surface area contributed by atoms with Crippen LogP contribution in [0.1, 0.15) is 64.2 Å². The van der Waals surface area contributed by atoms with Gasteiger partial charge >= 0.3 is 0 Å². The van der Waals surface area contributed by atoms with Gasteiger partial charge in [-0.15, -0.1) is 0 Å². The lowest BCUT2D eigenvalue weighted by Crippen LogP contribution is -2.37. The Hall–Kier alpha value is -1.04. The zero-order valence-electron chi connectivity index (χ0n) is 11.9. The summed E-state index contributed by atoms with van der Waals surface area (Å²) in [5, 5.41) is 11.5. The third kappa shape index (κ3) is 4.23. The van der Waals surface area contributed by atoms with Crippen molar-refractivity contribution in [2.24, 2.45) is 17.8 Å². The van der Waals surface area contributed by atoms with Crippen LogP contribution in [-0.4, -0.2) is 12.5 Å². The van der Waals surface area contributed by atoms with Gasteiger partial charge in [-0.25, -0.2) is 0 Å². The van der Waals surface area contributed by atoms with Gasteiger partial charge < -0.3 is 5.32 Å². The second kappa shape index (κ2) is 7.53. The Morgan fingerprint density at radius 1 is 1.11 bits per heavy atom. The van der Waals surface area contributed by atoms with Gasteiger partial charge in [0, 0.05) is 18.9 Å². The van der Waals surface area contributed by atoms with Crippen LogP contribution in [0.5, 0.6) is 0 Å². The van der Waals surface area contributed by atoms with Gasteiger partial charge in [-0.3, -0.25) is 4.79 Å². The molecule has 3 unspecified atom stereocenters. The van der Waals surface area contributed by atoms with Gasteiger partial charge in [-0.05, 0) is 43.9 Å². The quantitative estimate of drug-likeness (QED) is 0.772. The maximum atomic E-state index is 12.1. The van der Waals surface area contributed by atoms with E-state index >= 15 is 0 Å². The molecule has 0 aromatic heterocycles. The summed E-state index contributed by atoms with van der Waals surface area (Å²) >= 11 is 0. The predicted molar refractivity (Wildman–Crippen MR) is 75.3 cm³/mol. The van der Waals surface area contributed by atoms with E-state index in [0.717, 1.165) is 44.1 Å². The number of carbonyl (C=O) groups is 1. The molecule has 0 aromatic carbocycles. The number of fused-ring (bicyclic) bond motifs is 1. The van der Waals surface area contributed by atoms with E-state index in [1.807, 2.05) is 0 Å². The van der Waals surface area contributed by atoms with E-state index in [4.69, 9.17) is 5.26 Å². The maximum Gasteiger partial charge on any atom is 0.223 e. The van der Waals surface area contributed by atoms with Crippen molar-refractivity contribution in [1.29, 1.82) is 5.26 Å². The van der Waals surface area contributed by atoms with E-state index in [9.17, 15) is 4.79 Å². The summed E-state index contributed by atoms with van der Waals surface area (Å²) in [6.45, 7) is 0.741. The first-order valence-electron chi connectivity index (χ1n) is 7.96. The molecule has 1 N–H and O–H groups in total. The molecule has 0 spiro atoms. The molecule has 0 saturated heterocycles.